The third-order valence-electron chi connectivity index (χ3n) is 4.06. The molecule has 10 heteroatoms. The van der Waals surface area contributed by atoms with Crippen LogP contribution in [-0.4, -0.2) is 27.2 Å². The van der Waals surface area contributed by atoms with Gasteiger partial charge in [-0.1, -0.05) is 6.92 Å². The third-order valence-corrected chi connectivity index (χ3v) is 4.64. The minimum Gasteiger partial charge on any atom is -0.493 e. The Kier molecular flexibility index (Phi) is 8.09. The van der Waals surface area contributed by atoms with Crippen molar-refractivity contribution < 1.29 is 31.1 Å². The number of carbonyl (C=O) groups excluding carboxylic acids is 1. The molecule has 6 nitrogen and oxygen atoms in total. The average Bonchev–Trinajstić information content (AvgIpc) is 2.67. The van der Waals surface area contributed by atoms with Gasteiger partial charge in [-0.3, -0.25) is 9.52 Å². The fourth-order valence-electron chi connectivity index (χ4n) is 2.62. The molecule has 0 radical (unpaired) electrons. The Morgan fingerprint density at radius 2 is 1.81 bits per heavy atom. The number of hydrogen-bond donors (Lipinski definition) is 2. The molecule has 1 atom stereocenters. The molecule has 2 aromatic rings. The molecule has 168 valence electrons. The van der Waals surface area contributed by atoms with Gasteiger partial charge >= 0.3 is 0 Å². The average molecular weight is 456 g/mol. The van der Waals surface area contributed by atoms with Crippen molar-refractivity contribution in [1.29, 1.82) is 0 Å². The SMILES string of the molecule is CCCOc1cc(F)ccc1/C=C\C(=O)NC(C)c1cc(F)c(NS(C)(=O)=O)c(F)c1. The van der Waals surface area contributed by atoms with Crippen LogP contribution in [0.3, 0.4) is 0 Å². The number of nitrogens with one attached hydrogen (secondary N) is 2. The molecule has 31 heavy (non-hydrogen) atoms. The Morgan fingerprint density at radius 1 is 1.16 bits per heavy atom. The Balaban J connectivity index is 2.13. The van der Waals surface area contributed by atoms with Gasteiger partial charge < -0.3 is 10.1 Å². The van der Waals surface area contributed by atoms with Crippen LogP contribution in [0.1, 0.15) is 37.4 Å². The fraction of sp³-hybridized carbons (Fsp3) is 0.286. The van der Waals surface area contributed by atoms with Crippen LogP contribution >= 0.6 is 0 Å². The second-order valence-corrected chi connectivity index (χ2v) is 8.58. The number of rotatable bonds is 9. The lowest BCUT2D eigenvalue weighted by atomic mass is 10.1. The topological polar surface area (TPSA) is 84.5 Å². The lowest BCUT2D eigenvalue weighted by Crippen LogP contribution is -2.25. The van der Waals surface area contributed by atoms with Gasteiger partial charge in [-0.25, -0.2) is 21.6 Å². The number of anilines is 1. The maximum Gasteiger partial charge on any atom is 0.244 e. The normalized spacial score (nSPS) is 12.6. The number of ether oxygens (including phenoxy) is 1. The van der Waals surface area contributed by atoms with E-state index in [1.165, 1.54) is 37.3 Å². The van der Waals surface area contributed by atoms with Crippen molar-refractivity contribution in [3.05, 3.63) is 65.0 Å². The number of halogens is 3. The molecule has 0 saturated heterocycles. The van der Waals surface area contributed by atoms with E-state index >= 15 is 0 Å². The van der Waals surface area contributed by atoms with E-state index in [2.05, 4.69) is 5.32 Å². The highest BCUT2D eigenvalue weighted by molar-refractivity contribution is 7.92. The molecule has 0 aliphatic rings. The van der Waals surface area contributed by atoms with Gasteiger partial charge in [0, 0.05) is 17.7 Å². The van der Waals surface area contributed by atoms with E-state index in [1.54, 1.807) is 4.72 Å². The van der Waals surface area contributed by atoms with E-state index < -0.39 is 45.1 Å². The van der Waals surface area contributed by atoms with E-state index in [4.69, 9.17) is 4.74 Å². The number of benzene rings is 2. The summed E-state index contributed by atoms with van der Waals surface area (Å²) in [5, 5.41) is 2.55. The van der Waals surface area contributed by atoms with E-state index in [0.29, 0.717) is 12.2 Å². The lowest BCUT2D eigenvalue weighted by Gasteiger charge is -2.15. The summed E-state index contributed by atoms with van der Waals surface area (Å²) in [5.74, 6) is -2.96. The molecule has 0 heterocycles. The highest BCUT2D eigenvalue weighted by Crippen LogP contribution is 2.25. The van der Waals surface area contributed by atoms with Crippen LogP contribution in [0, 0.1) is 17.5 Å². The summed E-state index contributed by atoms with van der Waals surface area (Å²) >= 11 is 0. The van der Waals surface area contributed by atoms with Gasteiger partial charge in [0.25, 0.3) is 0 Å². The summed E-state index contributed by atoms with van der Waals surface area (Å²) in [6.07, 6.45) is 4.12. The zero-order valence-electron chi connectivity index (χ0n) is 17.2. The molecule has 2 aromatic carbocycles. The summed E-state index contributed by atoms with van der Waals surface area (Å²) in [4.78, 5) is 12.2. The number of hydrogen-bond acceptors (Lipinski definition) is 4. The smallest absolute Gasteiger partial charge is 0.244 e. The zero-order valence-corrected chi connectivity index (χ0v) is 18.0. The summed E-state index contributed by atoms with van der Waals surface area (Å²) in [5.41, 5.74) is -0.198. The highest BCUT2D eigenvalue weighted by atomic mass is 32.2. The van der Waals surface area contributed by atoms with E-state index in [1.807, 2.05) is 6.92 Å². The largest absolute Gasteiger partial charge is 0.493 e. The second kappa shape index (κ2) is 10.3. The Morgan fingerprint density at radius 3 is 2.39 bits per heavy atom. The molecule has 1 amide bonds. The van der Waals surface area contributed by atoms with E-state index in [-0.39, 0.29) is 11.3 Å². The van der Waals surface area contributed by atoms with Gasteiger partial charge in [-0.05, 0) is 49.2 Å². The number of amides is 1. The molecule has 1 unspecified atom stereocenters. The van der Waals surface area contributed by atoms with Gasteiger partial charge in [-0.2, -0.15) is 0 Å². The molecular formula is C21H23F3N2O4S. The fourth-order valence-corrected chi connectivity index (χ4v) is 3.18. The summed E-state index contributed by atoms with van der Waals surface area (Å²) in [6.45, 7) is 3.80. The second-order valence-electron chi connectivity index (χ2n) is 6.83. The van der Waals surface area contributed by atoms with Crippen LogP contribution in [0.4, 0.5) is 18.9 Å². The Labute approximate surface area is 179 Å². The predicted octanol–water partition coefficient (Wildman–Crippen LogP) is 4.15. The predicted molar refractivity (Wildman–Crippen MR) is 113 cm³/mol. The first-order valence-electron chi connectivity index (χ1n) is 9.37. The van der Waals surface area contributed by atoms with Gasteiger partial charge in [0.05, 0.1) is 18.9 Å². The number of carbonyl (C=O) groups is 1. The molecule has 0 aromatic heterocycles. The third kappa shape index (κ3) is 7.32. The molecule has 0 aliphatic heterocycles. The molecular weight excluding hydrogens is 433 g/mol. The highest BCUT2D eigenvalue weighted by Gasteiger charge is 2.18. The van der Waals surface area contributed by atoms with E-state index in [9.17, 15) is 26.4 Å². The molecule has 0 bridgehead atoms. The molecule has 0 fully saturated rings. The van der Waals surface area contributed by atoms with Crippen LogP contribution in [0.25, 0.3) is 6.08 Å². The monoisotopic (exact) mass is 456 g/mol. The van der Waals surface area contributed by atoms with Gasteiger partial charge in [0.2, 0.25) is 15.9 Å². The van der Waals surface area contributed by atoms with Crippen LogP contribution in [0.2, 0.25) is 0 Å². The van der Waals surface area contributed by atoms with Crippen molar-refractivity contribution in [2.24, 2.45) is 0 Å². The summed E-state index contributed by atoms with van der Waals surface area (Å²) < 4.78 is 71.4. The molecule has 2 N–H and O–H groups in total. The number of sulfonamides is 1. The lowest BCUT2D eigenvalue weighted by molar-refractivity contribution is -0.117. The maximum absolute atomic E-state index is 14.1. The Hall–Kier alpha value is -3.01. The molecule has 0 saturated carbocycles. The van der Waals surface area contributed by atoms with Crippen LogP contribution in [-0.2, 0) is 14.8 Å². The van der Waals surface area contributed by atoms with Crippen LogP contribution < -0.4 is 14.8 Å². The minimum absolute atomic E-state index is 0.101. The molecule has 2 rings (SSSR count). The van der Waals surface area contributed by atoms with Crippen molar-refractivity contribution in [2.75, 3.05) is 17.6 Å². The van der Waals surface area contributed by atoms with Crippen molar-refractivity contribution in [2.45, 2.75) is 26.3 Å². The standard InChI is InChI=1S/C21H23F3N2O4S/c1-4-9-30-19-12-16(22)7-5-14(19)6-8-20(27)25-13(2)15-10-17(23)21(18(24)11-15)26-31(3,28)29/h5-8,10-13,26H,4,9H2,1-3H3,(H,25,27)/b8-6-. The van der Waals surface area contributed by atoms with Crippen molar-refractivity contribution >= 4 is 27.7 Å². The zero-order chi connectivity index (χ0) is 23.2. The minimum atomic E-state index is -3.86. The first kappa shape index (κ1) is 24.3. The van der Waals surface area contributed by atoms with Gasteiger partial charge in [-0.15, -0.1) is 0 Å². The quantitative estimate of drug-likeness (QED) is 0.555. The van der Waals surface area contributed by atoms with Crippen molar-refractivity contribution in [1.82, 2.24) is 5.32 Å². The first-order valence-corrected chi connectivity index (χ1v) is 11.3. The first-order chi connectivity index (χ1) is 14.5. The van der Waals surface area contributed by atoms with E-state index in [0.717, 1.165) is 24.8 Å². The van der Waals surface area contributed by atoms with Crippen molar-refractivity contribution in [3.63, 3.8) is 0 Å². The van der Waals surface area contributed by atoms with Crippen LogP contribution in [0.5, 0.6) is 5.75 Å². The van der Waals surface area contributed by atoms with Crippen LogP contribution in [0.15, 0.2) is 36.4 Å². The van der Waals surface area contributed by atoms with Crippen molar-refractivity contribution in [3.8, 4) is 5.75 Å². The summed E-state index contributed by atoms with van der Waals surface area (Å²) in [7, 11) is -3.86. The summed E-state index contributed by atoms with van der Waals surface area (Å²) in [6, 6.07) is 5.00. The Bertz CT molecular complexity index is 1070. The van der Waals surface area contributed by atoms with Gasteiger partial charge in [0.1, 0.15) is 17.3 Å². The maximum atomic E-state index is 14.1. The molecule has 0 spiro atoms. The van der Waals surface area contributed by atoms with Gasteiger partial charge in [0.15, 0.2) is 11.6 Å². The molecule has 0 aliphatic carbocycles.